The van der Waals surface area contributed by atoms with Crippen LogP contribution in [0.1, 0.15) is 17.7 Å². The molecule has 8 heteroatoms. The molecule has 0 radical (unpaired) electrons. The minimum Gasteiger partial charge on any atom is -0.497 e. The lowest BCUT2D eigenvalue weighted by molar-refractivity contribution is -0.131. The van der Waals surface area contributed by atoms with Gasteiger partial charge < -0.3 is 19.8 Å². The molecule has 2 heterocycles. The summed E-state index contributed by atoms with van der Waals surface area (Å²) >= 11 is 0. The van der Waals surface area contributed by atoms with Gasteiger partial charge in [0.25, 0.3) is 5.91 Å². The molecule has 2 aromatic rings. The molecule has 0 aliphatic carbocycles. The van der Waals surface area contributed by atoms with Crippen molar-refractivity contribution in [3.8, 4) is 5.75 Å². The lowest BCUT2D eigenvalue weighted by Crippen LogP contribution is -2.37. The van der Waals surface area contributed by atoms with Gasteiger partial charge in [0, 0.05) is 6.54 Å². The Morgan fingerprint density at radius 1 is 1.26 bits per heavy atom. The van der Waals surface area contributed by atoms with E-state index in [9.17, 15) is 14.4 Å². The Hall–Kier alpha value is -3.29. The van der Waals surface area contributed by atoms with E-state index in [1.807, 2.05) is 24.3 Å². The van der Waals surface area contributed by atoms with Crippen LogP contribution >= 0.6 is 0 Å². The van der Waals surface area contributed by atoms with Crippen molar-refractivity contribution >= 4 is 17.8 Å². The number of hydrogen-bond acceptors (Lipinski definition) is 5. The summed E-state index contributed by atoms with van der Waals surface area (Å²) < 4.78 is 10.3. The first-order chi connectivity index (χ1) is 13.1. The van der Waals surface area contributed by atoms with Gasteiger partial charge in [0.2, 0.25) is 5.91 Å². The first-order valence-electron chi connectivity index (χ1n) is 8.60. The Kier molecular flexibility index (Phi) is 5.75. The van der Waals surface area contributed by atoms with Crippen LogP contribution in [0.4, 0.5) is 4.79 Å². The standard InChI is InChI=1S/C19H21N3O5/c1-26-14-6-4-13(5-7-14)8-9-20-17(23)11-16-18(24)22(19(25)21-16)12-15-3-2-10-27-15/h2-7,10,16H,8-9,11-12H2,1H3,(H,20,23)(H,21,25)/t16-/m1/s1. The lowest BCUT2D eigenvalue weighted by atomic mass is 10.1. The molecule has 1 aromatic heterocycles. The van der Waals surface area contributed by atoms with Crippen molar-refractivity contribution in [2.75, 3.05) is 13.7 Å². The van der Waals surface area contributed by atoms with Crippen molar-refractivity contribution in [1.29, 1.82) is 0 Å². The largest absolute Gasteiger partial charge is 0.497 e. The summed E-state index contributed by atoms with van der Waals surface area (Å²) in [6.45, 7) is 0.489. The molecule has 1 saturated heterocycles. The van der Waals surface area contributed by atoms with E-state index in [1.165, 1.54) is 6.26 Å². The van der Waals surface area contributed by atoms with Crippen molar-refractivity contribution in [2.24, 2.45) is 0 Å². The summed E-state index contributed by atoms with van der Waals surface area (Å²) in [6.07, 6.45) is 2.04. The number of urea groups is 1. The molecule has 1 fully saturated rings. The van der Waals surface area contributed by atoms with E-state index >= 15 is 0 Å². The fourth-order valence-corrected chi connectivity index (χ4v) is 2.82. The van der Waals surface area contributed by atoms with E-state index in [0.717, 1.165) is 16.2 Å². The Morgan fingerprint density at radius 3 is 2.70 bits per heavy atom. The highest BCUT2D eigenvalue weighted by Gasteiger charge is 2.39. The second-order valence-electron chi connectivity index (χ2n) is 6.16. The van der Waals surface area contributed by atoms with Crippen LogP contribution in [0.5, 0.6) is 5.75 Å². The van der Waals surface area contributed by atoms with Gasteiger partial charge in [-0.25, -0.2) is 4.79 Å². The normalized spacial score (nSPS) is 16.3. The minimum absolute atomic E-state index is 0.0489. The monoisotopic (exact) mass is 371 g/mol. The number of methoxy groups -OCH3 is 1. The first-order valence-corrected chi connectivity index (χ1v) is 8.60. The van der Waals surface area contributed by atoms with E-state index in [2.05, 4.69) is 10.6 Å². The molecule has 142 valence electrons. The molecule has 0 spiro atoms. The summed E-state index contributed by atoms with van der Waals surface area (Å²) in [5.74, 6) is 0.559. The third kappa shape index (κ3) is 4.66. The number of carbonyl (C=O) groups is 3. The van der Waals surface area contributed by atoms with E-state index in [-0.39, 0.29) is 18.9 Å². The third-order valence-corrected chi connectivity index (χ3v) is 4.29. The molecule has 8 nitrogen and oxygen atoms in total. The van der Waals surface area contributed by atoms with Gasteiger partial charge in [0.05, 0.1) is 26.3 Å². The van der Waals surface area contributed by atoms with Crippen LogP contribution in [0.15, 0.2) is 47.1 Å². The predicted octanol–water partition coefficient (Wildman–Crippen LogP) is 1.46. The smallest absolute Gasteiger partial charge is 0.325 e. The average molecular weight is 371 g/mol. The summed E-state index contributed by atoms with van der Waals surface area (Å²) in [6, 6.07) is 9.56. The molecule has 0 saturated carbocycles. The average Bonchev–Trinajstić information content (AvgIpc) is 3.27. The van der Waals surface area contributed by atoms with E-state index in [1.54, 1.807) is 19.2 Å². The zero-order chi connectivity index (χ0) is 19.2. The highest BCUT2D eigenvalue weighted by Crippen LogP contribution is 2.14. The molecule has 3 rings (SSSR count). The fraction of sp³-hybridized carbons (Fsp3) is 0.316. The fourth-order valence-electron chi connectivity index (χ4n) is 2.82. The minimum atomic E-state index is -0.853. The molecule has 0 unspecified atom stereocenters. The topological polar surface area (TPSA) is 101 Å². The maximum atomic E-state index is 12.3. The number of benzene rings is 1. The Labute approximate surface area is 156 Å². The number of rotatable bonds is 8. The van der Waals surface area contributed by atoms with E-state index in [4.69, 9.17) is 9.15 Å². The molecular weight excluding hydrogens is 350 g/mol. The second-order valence-corrected chi connectivity index (χ2v) is 6.16. The number of amides is 4. The molecule has 1 aliphatic heterocycles. The molecule has 2 N–H and O–H groups in total. The van der Waals surface area contributed by atoms with Crippen molar-refractivity contribution in [3.63, 3.8) is 0 Å². The van der Waals surface area contributed by atoms with Crippen LogP contribution < -0.4 is 15.4 Å². The van der Waals surface area contributed by atoms with Gasteiger partial charge >= 0.3 is 6.03 Å². The maximum Gasteiger partial charge on any atom is 0.325 e. The van der Waals surface area contributed by atoms with Crippen LogP contribution in [-0.4, -0.2) is 42.4 Å². The van der Waals surface area contributed by atoms with Crippen molar-refractivity contribution in [3.05, 3.63) is 54.0 Å². The number of carbonyl (C=O) groups excluding carboxylic acids is 3. The quantitative estimate of drug-likeness (QED) is 0.684. The number of ether oxygens (including phenoxy) is 1. The molecule has 4 amide bonds. The summed E-state index contributed by atoms with van der Waals surface area (Å²) in [5.41, 5.74) is 1.06. The van der Waals surface area contributed by atoms with Gasteiger partial charge in [-0.1, -0.05) is 12.1 Å². The van der Waals surface area contributed by atoms with Gasteiger partial charge in [-0.15, -0.1) is 0 Å². The number of nitrogens with one attached hydrogen (secondary N) is 2. The zero-order valence-electron chi connectivity index (χ0n) is 14.9. The van der Waals surface area contributed by atoms with E-state index in [0.29, 0.717) is 18.7 Å². The number of imide groups is 1. The van der Waals surface area contributed by atoms with E-state index < -0.39 is 18.0 Å². The lowest BCUT2D eigenvalue weighted by Gasteiger charge is -2.11. The maximum absolute atomic E-state index is 12.3. The second kappa shape index (κ2) is 8.39. The van der Waals surface area contributed by atoms with Crippen LogP contribution in [0.25, 0.3) is 0 Å². The molecule has 27 heavy (non-hydrogen) atoms. The predicted molar refractivity (Wildman–Crippen MR) is 95.9 cm³/mol. The summed E-state index contributed by atoms with van der Waals surface area (Å²) in [4.78, 5) is 37.5. The van der Waals surface area contributed by atoms with Crippen molar-refractivity contribution < 1.29 is 23.5 Å². The Bertz CT molecular complexity index is 801. The molecular formula is C19H21N3O5. The van der Waals surface area contributed by atoms with Gasteiger partial charge in [0.1, 0.15) is 17.6 Å². The Balaban J connectivity index is 1.44. The zero-order valence-corrected chi connectivity index (χ0v) is 14.9. The van der Waals surface area contributed by atoms with Crippen LogP contribution in [0.3, 0.4) is 0 Å². The molecule has 0 bridgehead atoms. The van der Waals surface area contributed by atoms with Crippen LogP contribution in [0.2, 0.25) is 0 Å². The van der Waals surface area contributed by atoms with Gasteiger partial charge in [-0.05, 0) is 36.2 Å². The highest BCUT2D eigenvalue weighted by atomic mass is 16.5. The number of hydrogen-bond donors (Lipinski definition) is 2. The van der Waals surface area contributed by atoms with Crippen LogP contribution in [0, 0.1) is 0 Å². The summed E-state index contributed by atoms with van der Waals surface area (Å²) in [7, 11) is 1.61. The SMILES string of the molecule is COc1ccc(CCNC(=O)C[C@H]2NC(=O)N(Cc3ccco3)C2=O)cc1. The molecule has 1 aromatic carbocycles. The number of furan rings is 1. The molecule has 1 atom stereocenters. The van der Waals surface area contributed by atoms with Gasteiger partial charge in [-0.3, -0.25) is 14.5 Å². The van der Waals surface area contributed by atoms with Gasteiger partial charge in [-0.2, -0.15) is 0 Å². The van der Waals surface area contributed by atoms with Crippen molar-refractivity contribution in [2.45, 2.75) is 25.4 Å². The summed E-state index contributed by atoms with van der Waals surface area (Å²) in [5, 5.41) is 5.31. The number of nitrogens with zero attached hydrogens (tertiary/aromatic N) is 1. The Morgan fingerprint density at radius 2 is 2.04 bits per heavy atom. The molecule has 1 aliphatic rings. The van der Waals surface area contributed by atoms with Gasteiger partial charge in [0.15, 0.2) is 0 Å². The van der Waals surface area contributed by atoms with Crippen LogP contribution in [-0.2, 0) is 22.6 Å². The third-order valence-electron chi connectivity index (χ3n) is 4.29. The first kappa shape index (κ1) is 18.5. The highest BCUT2D eigenvalue weighted by molar-refractivity contribution is 6.05. The van der Waals surface area contributed by atoms with Crippen molar-refractivity contribution in [1.82, 2.24) is 15.5 Å².